The zero-order chi connectivity index (χ0) is 14.7. The zero-order valence-corrected chi connectivity index (χ0v) is 12.1. The lowest BCUT2D eigenvalue weighted by atomic mass is 9.87. The highest BCUT2D eigenvalue weighted by Gasteiger charge is 2.22. The minimum Gasteiger partial charge on any atom is -0.497 e. The van der Waals surface area contributed by atoms with Crippen molar-refractivity contribution in [2.75, 3.05) is 7.11 Å². The molecular weight excluding hydrogens is 266 g/mol. The Balaban J connectivity index is 1.71. The number of hydrogen-bond acceptors (Lipinski definition) is 3. The van der Waals surface area contributed by atoms with Gasteiger partial charge in [-0.05, 0) is 42.5 Å². The Kier molecular flexibility index (Phi) is 3.90. The summed E-state index contributed by atoms with van der Waals surface area (Å²) >= 11 is 0. The van der Waals surface area contributed by atoms with Crippen LogP contribution in [0.1, 0.15) is 30.0 Å². The Morgan fingerprint density at radius 1 is 1.52 bits per heavy atom. The molecule has 1 atom stereocenters. The van der Waals surface area contributed by atoms with Crippen molar-refractivity contribution in [3.63, 3.8) is 0 Å². The average Bonchev–Trinajstić information content (AvgIpc) is 2.99. The average molecular weight is 285 g/mol. The van der Waals surface area contributed by atoms with Gasteiger partial charge in [-0.2, -0.15) is 0 Å². The van der Waals surface area contributed by atoms with Crippen LogP contribution in [0.25, 0.3) is 0 Å². The lowest BCUT2D eigenvalue weighted by Crippen LogP contribution is -2.33. The maximum atomic E-state index is 12.1. The first kappa shape index (κ1) is 13.7. The SMILES string of the molecule is COc1ccc2c(c1)CCC[C@@H]2NC(=O)Cn1ccnc1. The van der Waals surface area contributed by atoms with Gasteiger partial charge in [-0.15, -0.1) is 0 Å². The van der Waals surface area contributed by atoms with E-state index >= 15 is 0 Å². The summed E-state index contributed by atoms with van der Waals surface area (Å²) in [7, 11) is 1.68. The van der Waals surface area contributed by atoms with E-state index in [2.05, 4.69) is 22.4 Å². The molecule has 3 rings (SSSR count). The van der Waals surface area contributed by atoms with Gasteiger partial charge in [-0.25, -0.2) is 4.98 Å². The first-order chi connectivity index (χ1) is 10.3. The summed E-state index contributed by atoms with van der Waals surface area (Å²) in [5.74, 6) is 0.890. The number of ether oxygens (including phenoxy) is 1. The minimum atomic E-state index is 0.0154. The number of nitrogens with zero attached hydrogens (tertiary/aromatic N) is 2. The Bertz CT molecular complexity index is 622. The minimum absolute atomic E-state index is 0.0154. The quantitative estimate of drug-likeness (QED) is 0.935. The smallest absolute Gasteiger partial charge is 0.240 e. The second-order valence-corrected chi connectivity index (χ2v) is 5.31. The van der Waals surface area contributed by atoms with Crippen molar-refractivity contribution in [1.29, 1.82) is 0 Å². The number of imidazole rings is 1. The number of methoxy groups -OCH3 is 1. The van der Waals surface area contributed by atoms with E-state index in [1.54, 1.807) is 30.4 Å². The van der Waals surface area contributed by atoms with E-state index in [0.29, 0.717) is 6.54 Å². The summed E-state index contributed by atoms with van der Waals surface area (Å²) in [4.78, 5) is 16.1. The molecule has 1 aliphatic carbocycles. The van der Waals surface area contributed by atoms with Gasteiger partial charge in [0, 0.05) is 12.4 Å². The molecule has 2 aromatic rings. The largest absolute Gasteiger partial charge is 0.497 e. The highest BCUT2D eigenvalue weighted by Crippen LogP contribution is 2.32. The summed E-state index contributed by atoms with van der Waals surface area (Å²) < 4.78 is 7.04. The van der Waals surface area contributed by atoms with Crippen LogP contribution in [0.15, 0.2) is 36.9 Å². The highest BCUT2D eigenvalue weighted by atomic mass is 16.5. The number of carbonyl (C=O) groups is 1. The molecule has 1 aromatic carbocycles. The van der Waals surface area contributed by atoms with Crippen LogP contribution in [0, 0.1) is 0 Å². The van der Waals surface area contributed by atoms with Crippen LogP contribution < -0.4 is 10.1 Å². The molecule has 0 fully saturated rings. The predicted molar refractivity (Wildman–Crippen MR) is 79.0 cm³/mol. The zero-order valence-electron chi connectivity index (χ0n) is 12.1. The topological polar surface area (TPSA) is 56.1 Å². The van der Waals surface area contributed by atoms with Gasteiger partial charge >= 0.3 is 0 Å². The number of aryl methyl sites for hydroxylation is 1. The summed E-state index contributed by atoms with van der Waals surface area (Å²) in [6, 6.07) is 6.19. The van der Waals surface area contributed by atoms with E-state index in [9.17, 15) is 4.79 Å². The molecule has 0 saturated heterocycles. The van der Waals surface area contributed by atoms with Crippen LogP contribution in [-0.2, 0) is 17.8 Å². The maximum Gasteiger partial charge on any atom is 0.240 e. The molecule has 21 heavy (non-hydrogen) atoms. The van der Waals surface area contributed by atoms with E-state index in [-0.39, 0.29) is 11.9 Å². The van der Waals surface area contributed by atoms with E-state index in [1.165, 1.54) is 11.1 Å². The van der Waals surface area contributed by atoms with Gasteiger partial charge in [0.1, 0.15) is 12.3 Å². The van der Waals surface area contributed by atoms with Crippen molar-refractivity contribution in [2.24, 2.45) is 0 Å². The van der Waals surface area contributed by atoms with Gasteiger partial charge in [0.2, 0.25) is 5.91 Å². The third-order valence-corrected chi connectivity index (χ3v) is 3.89. The molecule has 5 heteroatoms. The molecule has 1 aromatic heterocycles. The predicted octanol–water partition coefficient (Wildman–Crippen LogP) is 2.09. The Hall–Kier alpha value is -2.30. The second kappa shape index (κ2) is 5.99. The number of hydrogen-bond donors (Lipinski definition) is 1. The molecule has 0 radical (unpaired) electrons. The first-order valence-electron chi connectivity index (χ1n) is 7.18. The highest BCUT2D eigenvalue weighted by molar-refractivity contribution is 5.76. The molecular formula is C16H19N3O2. The van der Waals surface area contributed by atoms with Crippen LogP contribution in [0.3, 0.4) is 0 Å². The van der Waals surface area contributed by atoms with Crippen LogP contribution >= 0.6 is 0 Å². The third-order valence-electron chi connectivity index (χ3n) is 3.89. The normalized spacial score (nSPS) is 17.1. The molecule has 0 bridgehead atoms. The van der Waals surface area contributed by atoms with Crippen molar-refractivity contribution in [3.8, 4) is 5.75 Å². The van der Waals surface area contributed by atoms with Crippen molar-refractivity contribution in [3.05, 3.63) is 48.0 Å². The van der Waals surface area contributed by atoms with Crippen molar-refractivity contribution in [1.82, 2.24) is 14.9 Å². The maximum absolute atomic E-state index is 12.1. The van der Waals surface area contributed by atoms with Crippen molar-refractivity contribution >= 4 is 5.91 Å². The molecule has 110 valence electrons. The lowest BCUT2D eigenvalue weighted by molar-refractivity contribution is -0.122. The van der Waals surface area contributed by atoms with Crippen LogP contribution in [0.4, 0.5) is 0 Å². The summed E-state index contributed by atoms with van der Waals surface area (Å²) in [5.41, 5.74) is 2.48. The fourth-order valence-electron chi connectivity index (χ4n) is 2.85. The summed E-state index contributed by atoms with van der Waals surface area (Å²) in [6.07, 6.45) is 8.22. The van der Waals surface area contributed by atoms with Crippen LogP contribution in [-0.4, -0.2) is 22.6 Å². The van der Waals surface area contributed by atoms with Crippen LogP contribution in [0.2, 0.25) is 0 Å². The summed E-state index contributed by atoms with van der Waals surface area (Å²) in [6.45, 7) is 0.308. The molecule has 5 nitrogen and oxygen atoms in total. The number of benzene rings is 1. The van der Waals surface area contributed by atoms with E-state index in [0.717, 1.165) is 25.0 Å². The third kappa shape index (κ3) is 3.07. The molecule has 0 unspecified atom stereocenters. The van der Waals surface area contributed by atoms with Gasteiger partial charge in [-0.3, -0.25) is 4.79 Å². The monoisotopic (exact) mass is 285 g/mol. The number of fused-ring (bicyclic) bond motifs is 1. The second-order valence-electron chi connectivity index (χ2n) is 5.31. The van der Waals surface area contributed by atoms with Crippen LogP contribution in [0.5, 0.6) is 5.75 Å². The fraction of sp³-hybridized carbons (Fsp3) is 0.375. The summed E-state index contributed by atoms with van der Waals surface area (Å²) in [5, 5.41) is 3.12. The van der Waals surface area contributed by atoms with E-state index in [4.69, 9.17) is 4.74 Å². The van der Waals surface area contributed by atoms with Gasteiger partial charge in [0.05, 0.1) is 19.5 Å². The van der Waals surface area contributed by atoms with Gasteiger partial charge in [0.15, 0.2) is 0 Å². The first-order valence-corrected chi connectivity index (χ1v) is 7.18. The Labute approximate surface area is 124 Å². The van der Waals surface area contributed by atoms with Crippen molar-refractivity contribution in [2.45, 2.75) is 31.8 Å². The number of amides is 1. The molecule has 1 N–H and O–H groups in total. The molecule has 0 saturated carbocycles. The van der Waals surface area contributed by atoms with Gasteiger partial charge in [-0.1, -0.05) is 6.07 Å². The molecule has 0 spiro atoms. The fourth-order valence-corrected chi connectivity index (χ4v) is 2.85. The number of carbonyl (C=O) groups excluding carboxylic acids is 1. The molecule has 1 amide bonds. The van der Waals surface area contributed by atoms with Gasteiger partial charge < -0.3 is 14.6 Å². The number of rotatable bonds is 4. The molecule has 0 aliphatic heterocycles. The van der Waals surface area contributed by atoms with Crippen molar-refractivity contribution < 1.29 is 9.53 Å². The molecule has 1 heterocycles. The Morgan fingerprint density at radius 3 is 3.19 bits per heavy atom. The number of nitrogens with one attached hydrogen (secondary N) is 1. The Morgan fingerprint density at radius 2 is 2.43 bits per heavy atom. The van der Waals surface area contributed by atoms with Gasteiger partial charge in [0.25, 0.3) is 0 Å². The van der Waals surface area contributed by atoms with E-state index < -0.39 is 0 Å². The number of aromatic nitrogens is 2. The molecule has 1 aliphatic rings. The standard InChI is InChI=1S/C16H19N3O2/c1-21-13-5-6-14-12(9-13)3-2-4-15(14)18-16(20)10-19-8-7-17-11-19/h5-9,11,15H,2-4,10H2,1H3,(H,18,20)/t15-/m0/s1. The van der Waals surface area contributed by atoms with E-state index in [1.807, 2.05) is 6.07 Å². The lowest BCUT2D eigenvalue weighted by Gasteiger charge is -2.26.